The molecule has 0 radical (unpaired) electrons. The molecule has 0 spiro atoms. The number of fused-ring (bicyclic) bond motifs is 1. The maximum atomic E-state index is 12.0. The molecule has 0 unspecified atom stereocenters. The van der Waals surface area contributed by atoms with Crippen LogP contribution in [0, 0.1) is 10.8 Å². The van der Waals surface area contributed by atoms with E-state index in [9.17, 15) is 4.79 Å². The number of aromatic amines is 1. The standard InChI is InChI=1S/C12H11N3O/c1-7(14)11-9(6-13)12(16)8-4-2-3-5-10(8)15-11/h2-6,13-14H,1H3,(H,15,16). The normalized spacial score (nSPS) is 10.3. The zero-order valence-corrected chi connectivity index (χ0v) is 8.79. The van der Waals surface area contributed by atoms with Crippen molar-refractivity contribution in [2.24, 2.45) is 0 Å². The summed E-state index contributed by atoms with van der Waals surface area (Å²) in [6, 6.07) is 7.11. The van der Waals surface area contributed by atoms with Gasteiger partial charge in [-0.15, -0.1) is 0 Å². The van der Waals surface area contributed by atoms with Crippen molar-refractivity contribution in [3.8, 4) is 0 Å². The highest BCUT2D eigenvalue weighted by Gasteiger charge is 2.10. The zero-order chi connectivity index (χ0) is 11.7. The second-order valence-corrected chi connectivity index (χ2v) is 3.56. The predicted octanol–water partition coefficient (Wildman–Crippen LogP) is 1.91. The van der Waals surface area contributed by atoms with Crippen molar-refractivity contribution in [3.05, 3.63) is 45.7 Å². The molecule has 0 saturated heterocycles. The molecule has 80 valence electrons. The summed E-state index contributed by atoms with van der Waals surface area (Å²) >= 11 is 0. The van der Waals surface area contributed by atoms with Gasteiger partial charge in [-0.1, -0.05) is 12.1 Å². The predicted molar refractivity (Wildman–Crippen MR) is 65.0 cm³/mol. The molecule has 1 aromatic heterocycles. The monoisotopic (exact) mass is 213 g/mol. The van der Waals surface area contributed by atoms with Gasteiger partial charge in [-0.2, -0.15) is 0 Å². The maximum absolute atomic E-state index is 12.0. The first-order chi connectivity index (χ1) is 7.65. The summed E-state index contributed by atoms with van der Waals surface area (Å²) < 4.78 is 0. The van der Waals surface area contributed by atoms with E-state index in [1.807, 2.05) is 6.07 Å². The van der Waals surface area contributed by atoms with Crippen LogP contribution in [0.1, 0.15) is 18.2 Å². The number of nitrogens with one attached hydrogen (secondary N) is 3. The molecule has 4 heteroatoms. The molecule has 0 aliphatic carbocycles. The van der Waals surface area contributed by atoms with Crippen molar-refractivity contribution in [3.63, 3.8) is 0 Å². The number of hydrogen-bond donors (Lipinski definition) is 3. The SMILES string of the molecule is CC(=N)c1[nH]c2ccccc2c(=O)c1C=N. The van der Waals surface area contributed by atoms with E-state index in [-0.39, 0.29) is 16.7 Å². The molecule has 0 fully saturated rings. The van der Waals surface area contributed by atoms with Gasteiger partial charge >= 0.3 is 0 Å². The Morgan fingerprint density at radius 2 is 2.06 bits per heavy atom. The first-order valence-electron chi connectivity index (χ1n) is 4.86. The molecule has 1 aromatic carbocycles. The van der Waals surface area contributed by atoms with Crippen molar-refractivity contribution in [1.82, 2.24) is 4.98 Å². The summed E-state index contributed by atoms with van der Waals surface area (Å²) in [7, 11) is 0. The number of rotatable bonds is 2. The Bertz CT molecular complexity index is 640. The van der Waals surface area contributed by atoms with Gasteiger partial charge in [-0.25, -0.2) is 0 Å². The van der Waals surface area contributed by atoms with E-state index >= 15 is 0 Å². The number of aromatic nitrogens is 1. The molecule has 0 amide bonds. The fourth-order valence-corrected chi connectivity index (χ4v) is 1.68. The molecule has 1 heterocycles. The Hall–Kier alpha value is -2.23. The minimum Gasteiger partial charge on any atom is -0.353 e. The number of hydrogen-bond acceptors (Lipinski definition) is 3. The van der Waals surface area contributed by atoms with E-state index in [1.54, 1.807) is 25.1 Å². The highest BCUT2D eigenvalue weighted by molar-refractivity contribution is 6.04. The van der Waals surface area contributed by atoms with Gasteiger partial charge in [0, 0.05) is 17.1 Å². The van der Waals surface area contributed by atoms with Crippen LogP contribution in [0.3, 0.4) is 0 Å². The van der Waals surface area contributed by atoms with Crippen molar-refractivity contribution >= 4 is 22.8 Å². The van der Waals surface area contributed by atoms with Crippen LogP contribution in [-0.4, -0.2) is 16.9 Å². The second-order valence-electron chi connectivity index (χ2n) is 3.56. The van der Waals surface area contributed by atoms with Crippen LogP contribution in [0.4, 0.5) is 0 Å². The van der Waals surface area contributed by atoms with Crippen molar-refractivity contribution in [1.29, 1.82) is 10.8 Å². The van der Waals surface area contributed by atoms with Crippen LogP contribution in [0.2, 0.25) is 0 Å². The summed E-state index contributed by atoms with van der Waals surface area (Å²) in [5.41, 5.74) is 1.40. The Labute approximate surface area is 92.0 Å². The van der Waals surface area contributed by atoms with Gasteiger partial charge in [-0.05, 0) is 19.1 Å². The second kappa shape index (κ2) is 3.73. The summed E-state index contributed by atoms with van der Waals surface area (Å²) in [6.07, 6.45) is 0.999. The lowest BCUT2D eigenvalue weighted by molar-refractivity contribution is 1.29. The van der Waals surface area contributed by atoms with Crippen LogP contribution in [0.15, 0.2) is 29.1 Å². The summed E-state index contributed by atoms with van der Waals surface area (Å²) in [5.74, 6) is 0. The molecule has 0 aliphatic rings. The van der Waals surface area contributed by atoms with Crippen molar-refractivity contribution < 1.29 is 0 Å². The van der Waals surface area contributed by atoms with Crippen LogP contribution in [-0.2, 0) is 0 Å². The Morgan fingerprint density at radius 1 is 1.38 bits per heavy atom. The quantitative estimate of drug-likeness (QED) is 0.654. The van der Waals surface area contributed by atoms with Gasteiger partial charge in [0.05, 0.1) is 17.0 Å². The molecule has 3 N–H and O–H groups in total. The molecule has 0 aliphatic heterocycles. The summed E-state index contributed by atoms with van der Waals surface area (Å²) in [5, 5.41) is 15.4. The van der Waals surface area contributed by atoms with Crippen LogP contribution < -0.4 is 5.43 Å². The summed E-state index contributed by atoms with van der Waals surface area (Å²) in [4.78, 5) is 15.0. The maximum Gasteiger partial charge on any atom is 0.198 e. The minimum atomic E-state index is -0.203. The van der Waals surface area contributed by atoms with Gasteiger partial charge < -0.3 is 15.8 Å². The van der Waals surface area contributed by atoms with E-state index in [2.05, 4.69) is 4.98 Å². The largest absolute Gasteiger partial charge is 0.353 e. The topological polar surface area (TPSA) is 80.6 Å². The smallest absolute Gasteiger partial charge is 0.198 e. The highest BCUT2D eigenvalue weighted by atomic mass is 16.1. The van der Waals surface area contributed by atoms with E-state index in [0.717, 1.165) is 6.21 Å². The molecule has 0 atom stereocenters. The average Bonchev–Trinajstić information content (AvgIpc) is 2.29. The number of para-hydroxylation sites is 1. The van der Waals surface area contributed by atoms with Gasteiger partial charge in [0.2, 0.25) is 0 Å². The van der Waals surface area contributed by atoms with Crippen LogP contribution in [0.5, 0.6) is 0 Å². The zero-order valence-electron chi connectivity index (χ0n) is 8.79. The van der Waals surface area contributed by atoms with Gasteiger partial charge in [0.25, 0.3) is 0 Å². The number of H-pyrrole nitrogens is 1. The van der Waals surface area contributed by atoms with E-state index in [0.29, 0.717) is 16.6 Å². The van der Waals surface area contributed by atoms with Crippen molar-refractivity contribution in [2.45, 2.75) is 6.92 Å². The fourth-order valence-electron chi connectivity index (χ4n) is 1.68. The molecule has 0 bridgehead atoms. The Kier molecular flexibility index (Phi) is 2.40. The van der Waals surface area contributed by atoms with Gasteiger partial charge in [-0.3, -0.25) is 4.79 Å². The molecule has 16 heavy (non-hydrogen) atoms. The van der Waals surface area contributed by atoms with Crippen molar-refractivity contribution in [2.75, 3.05) is 0 Å². The van der Waals surface area contributed by atoms with Crippen LogP contribution >= 0.6 is 0 Å². The van der Waals surface area contributed by atoms with Crippen LogP contribution in [0.25, 0.3) is 10.9 Å². The lowest BCUT2D eigenvalue weighted by Crippen LogP contribution is -2.16. The molecule has 2 aromatic rings. The molecular formula is C12H11N3O. The minimum absolute atomic E-state index is 0.203. The van der Waals surface area contributed by atoms with E-state index < -0.39 is 0 Å². The highest BCUT2D eigenvalue weighted by Crippen LogP contribution is 2.10. The third kappa shape index (κ3) is 1.44. The molecule has 0 saturated carbocycles. The van der Waals surface area contributed by atoms with Gasteiger partial charge in [0.1, 0.15) is 0 Å². The lowest BCUT2D eigenvalue weighted by atomic mass is 10.1. The van der Waals surface area contributed by atoms with E-state index in [4.69, 9.17) is 10.8 Å². The van der Waals surface area contributed by atoms with Gasteiger partial charge in [0.15, 0.2) is 5.43 Å². The number of pyridine rings is 1. The molecule has 2 rings (SSSR count). The fraction of sp³-hybridized carbons (Fsp3) is 0.0833. The third-order valence-corrected chi connectivity index (χ3v) is 2.46. The first kappa shape index (κ1) is 10.3. The Morgan fingerprint density at radius 3 is 2.69 bits per heavy atom. The number of benzene rings is 1. The summed E-state index contributed by atoms with van der Waals surface area (Å²) in [6.45, 7) is 1.59. The lowest BCUT2D eigenvalue weighted by Gasteiger charge is -2.06. The average molecular weight is 213 g/mol. The first-order valence-corrected chi connectivity index (χ1v) is 4.86. The third-order valence-electron chi connectivity index (χ3n) is 2.46. The van der Waals surface area contributed by atoms with E-state index in [1.165, 1.54) is 0 Å². The Balaban J connectivity index is 2.98. The molecular weight excluding hydrogens is 202 g/mol. The molecule has 4 nitrogen and oxygen atoms in total.